The molecule has 9 heteroatoms. The van der Waals surface area contributed by atoms with Crippen molar-refractivity contribution in [1.82, 2.24) is 4.72 Å². The van der Waals surface area contributed by atoms with Crippen LogP contribution in [0.3, 0.4) is 0 Å². The molecule has 1 aliphatic carbocycles. The Labute approximate surface area is 175 Å². The van der Waals surface area contributed by atoms with Crippen LogP contribution in [-0.2, 0) is 19.6 Å². The average molecular weight is 432 g/mol. The van der Waals surface area contributed by atoms with Crippen LogP contribution in [0.2, 0.25) is 0 Å². The molecule has 0 bridgehead atoms. The third-order valence-corrected chi connectivity index (χ3v) is 6.17. The number of sulfonamides is 1. The lowest BCUT2D eigenvalue weighted by atomic mass is 10.1. The van der Waals surface area contributed by atoms with E-state index in [-0.39, 0.29) is 16.5 Å². The summed E-state index contributed by atoms with van der Waals surface area (Å²) in [7, 11) is -2.23. The summed E-state index contributed by atoms with van der Waals surface area (Å²) in [6, 6.07) is 11.1. The molecule has 0 saturated heterocycles. The summed E-state index contributed by atoms with van der Waals surface area (Å²) in [6.45, 7) is 3.11. The van der Waals surface area contributed by atoms with E-state index in [0.717, 1.165) is 12.8 Å². The largest absolute Gasteiger partial charge is 0.495 e. The second kappa shape index (κ2) is 8.85. The van der Waals surface area contributed by atoms with Crippen LogP contribution in [0.15, 0.2) is 47.4 Å². The van der Waals surface area contributed by atoms with Gasteiger partial charge >= 0.3 is 5.97 Å². The fourth-order valence-electron chi connectivity index (χ4n) is 2.74. The van der Waals surface area contributed by atoms with Crippen molar-refractivity contribution >= 4 is 27.6 Å². The van der Waals surface area contributed by atoms with E-state index in [1.54, 1.807) is 31.2 Å². The van der Waals surface area contributed by atoms with Gasteiger partial charge in [-0.15, -0.1) is 0 Å². The average Bonchev–Trinajstić information content (AvgIpc) is 3.51. The summed E-state index contributed by atoms with van der Waals surface area (Å²) in [4.78, 5) is 25.0. The predicted octanol–water partition coefficient (Wildman–Crippen LogP) is 2.63. The first kappa shape index (κ1) is 21.8. The summed E-state index contributed by atoms with van der Waals surface area (Å²) in [5, 5.41) is 2.65. The number of hydrogen-bond acceptors (Lipinski definition) is 6. The van der Waals surface area contributed by atoms with Crippen LogP contribution in [-0.4, -0.2) is 39.5 Å². The third-order valence-electron chi connectivity index (χ3n) is 4.66. The summed E-state index contributed by atoms with van der Waals surface area (Å²) < 4.78 is 37.9. The molecule has 3 rings (SSSR count). The second-order valence-corrected chi connectivity index (χ2v) is 8.82. The van der Waals surface area contributed by atoms with Gasteiger partial charge in [0, 0.05) is 6.04 Å². The van der Waals surface area contributed by atoms with Crippen molar-refractivity contribution in [3.8, 4) is 5.75 Å². The topological polar surface area (TPSA) is 111 Å². The van der Waals surface area contributed by atoms with E-state index in [0.29, 0.717) is 17.0 Å². The maximum Gasteiger partial charge on any atom is 0.339 e. The number of hydrogen-bond donors (Lipinski definition) is 2. The number of nitrogens with one attached hydrogen (secondary N) is 2. The molecule has 2 N–H and O–H groups in total. The molecule has 2 aromatic rings. The molecule has 30 heavy (non-hydrogen) atoms. The molecular formula is C21H24N2O6S. The zero-order chi connectivity index (χ0) is 21.9. The molecule has 2 aromatic carbocycles. The number of esters is 1. The number of para-hydroxylation sites is 2. The van der Waals surface area contributed by atoms with Gasteiger partial charge in [0.1, 0.15) is 5.75 Å². The smallest absolute Gasteiger partial charge is 0.339 e. The highest BCUT2D eigenvalue weighted by molar-refractivity contribution is 7.89. The molecule has 0 aromatic heterocycles. The van der Waals surface area contributed by atoms with Crippen LogP contribution in [0.5, 0.6) is 5.75 Å². The first-order valence-corrected chi connectivity index (χ1v) is 11.0. The number of ether oxygens (including phenoxy) is 2. The minimum Gasteiger partial charge on any atom is -0.495 e. The molecule has 1 atom stereocenters. The standard InChI is InChI=1S/C21H24N2O6S/c1-13-8-11-16(30(26,27)23-15-9-10-15)12-17(13)21(25)29-14(2)20(24)22-18-6-4-5-7-19(18)28-3/h4-8,11-12,14-15,23H,9-10H2,1-3H3,(H,22,24). The van der Waals surface area contributed by atoms with Gasteiger partial charge in [0.2, 0.25) is 10.0 Å². The number of benzene rings is 2. The molecule has 0 spiro atoms. The third kappa shape index (κ3) is 5.17. The summed E-state index contributed by atoms with van der Waals surface area (Å²) in [6.07, 6.45) is 0.504. The minimum atomic E-state index is -3.71. The normalized spacial score (nSPS) is 14.6. The van der Waals surface area contributed by atoms with Gasteiger partial charge in [-0.1, -0.05) is 18.2 Å². The Morgan fingerprint density at radius 3 is 2.50 bits per heavy atom. The van der Waals surface area contributed by atoms with Crippen molar-refractivity contribution < 1.29 is 27.5 Å². The van der Waals surface area contributed by atoms with Gasteiger partial charge in [-0.05, 0) is 56.5 Å². The van der Waals surface area contributed by atoms with Crippen molar-refractivity contribution in [2.45, 2.75) is 43.7 Å². The van der Waals surface area contributed by atoms with E-state index in [4.69, 9.17) is 9.47 Å². The number of methoxy groups -OCH3 is 1. The highest BCUT2D eigenvalue weighted by Crippen LogP contribution is 2.25. The van der Waals surface area contributed by atoms with Crippen molar-refractivity contribution in [3.63, 3.8) is 0 Å². The van der Waals surface area contributed by atoms with Crippen LogP contribution in [0.4, 0.5) is 5.69 Å². The fraction of sp³-hybridized carbons (Fsp3) is 0.333. The monoisotopic (exact) mass is 432 g/mol. The van der Waals surface area contributed by atoms with Crippen molar-refractivity contribution in [2.24, 2.45) is 0 Å². The maximum absolute atomic E-state index is 12.6. The number of carbonyl (C=O) groups excluding carboxylic acids is 2. The number of anilines is 1. The van der Waals surface area contributed by atoms with E-state index >= 15 is 0 Å². The van der Waals surface area contributed by atoms with E-state index in [1.165, 1.54) is 32.2 Å². The van der Waals surface area contributed by atoms with Gasteiger partial charge in [-0.25, -0.2) is 17.9 Å². The van der Waals surface area contributed by atoms with Crippen molar-refractivity contribution in [3.05, 3.63) is 53.6 Å². The Hall–Kier alpha value is -2.91. The fourth-order valence-corrected chi connectivity index (χ4v) is 4.07. The first-order chi connectivity index (χ1) is 14.2. The lowest BCUT2D eigenvalue weighted by Gasteiger charge is -2.16. The zero-order valence-electron chi connectivity index (χ0n) is 17.0. The maximum atomic E-state index is 12.6. The molecule has 1 unspecified atom stereocenters. The molecule has 8 nitrogen and oxygen atoms in total. The van der Waals surface area contributed by atoms with E-state index in [2.05, 4.69) is 10.0 Å². The summed E-state index contributed by atoms with van der Waals surface area (Å²) in [5.41, 5.74) is 1.08. The van der Waals surface area contributed by atoms with Gasteiger partial charge in [-0.3, -0.25) is 4.79 Å². The number of aryl methyl sites for hydroxylation is 1. The van der Waals surface area contributed by atoms with Gasteiger partial charge in [0.25, 0.3) is 5.91 Å². The zero-order valence-corrected chi connectivity index (χ0v) is 17.8. The minimum absolute atomic E-state index is 0.0157. The van der Waals surface area contributed by atoms with Gasteiger partial charge in [0.05, 0.1) is 23.3 Å². The van der Waals surface area contributed by atoms with Crippen molar-refractivity contribution in [2.75, 3.05) is 12.4 Å². The predicted molar refractivity (Wildman–Crippen MR) is 111 cm³/mol. The summed E-state index contributed by atoms with van der Waals surface area (Å²) >= 11 is 0. The van der Waals surface area contributed by atoms with Crippen LogP contribution in [0, 0.1) is 6.92 Å². The lowest BCUT2D eigenvalue weighted by Crippen LogP contribution is -2.30. The molecule has 0 heterocycles. The number of carbonyl (C=O) groups is 2. The van der Waals surface area contributed by atoms with Crippen LogP contribution in [0.25, 0.3) is 0 Å². The van der Waals surface area contributed by atoms with Gasteiger partial charge in [0.15, 0.2) is 6.10 Å². The molecule has 0 radical (unpaired) electrons. The molecular weight excluding hydrogens is 408 g/mol. The van der Waals surface area contributed by atoms with Crippen LogP contribution in [0.1, 0.15) is 35.7 Å². The Kier molecular flexibility index (Phi) is 6.42. The molecule has 1 aliphatic rings. The van der Waals surface area contributed by atoms with E-state index < -0.39 is 28.0 Å². The number of amides is 1. The molecule has 160 valence electrons. The van der Waals surface area contributed by atoms with E-state index in [9.17, 15) is 18.0 Å². The molecule has 0 aliphatic heterocycles. The van der Waals surface area contributed by atoms with E-state index in [1.807, 2.05) is 0 Å². The quantitative estimate of drug-likeness (QED) is 0.621. The van der Waals surface area contributed by atoms with Crippen molar-refractivity contribution in [1.29, 1.82) is 0 Å². The molecule has 1 saturated carbocycles. The molecule has 1 fully saturated rings. The van der Waals surface area contributed by atoms with Gasteiger partial charge in [-0.2, -0.15) is 0 Å². The number of rotatable bonds is 8. The first-order valence-electron chi connectivity index (χ1n) is 9.49. The van der Waals surface area contributed by atoms with Crippen LogP contribution >= 0.6 is 0 Å². The highest BCUT2D eigenvalue weighted by atomic mass is 32.2. The SMILES string of the molecule is COc1ccccc1NC(=O)C(C)OC(=O)c1cc(S(=O)(=O)NC2CC2)ccc1C. The summed E-state index contributed by atoms with van der Waals surface area (Å²) in [5.74, 6) is -0.843. The molecule has 1 amide bonds. The van der Waals surface area contributed by atoms with Gasteiger partial charge < -0.3 is 14.8 Å². The Morgan fingerprint density at radius 2 is 1.83 bits per heavy atom. The van der Waals surface area contributed by atoms with Crippen LogP contribution < -0.4 is 14.8 Å². The Bertz CT molecular complexity index is 1060. The lowest BCUT2D eigenvalue weighted by molar-refractivity contribution is -0.123. The second-order valence-electron chi connectivity index (χ2n) is 7.11. The highest BCUT2D eigenvalue weighted by Gasteiger charge is 2.29. The Balaban J connectivity index is 1.71. The Morgan fingerprint density at radius 1 is 1.13 bits per heavy atom.